The smallest absolute Gasteiger partial charge is 0.256 e. The molecule has 1 amide bonds. The van der Waals surface area contributed by atoms with E-state index in [0.717, 1.165) is 0 Å². The quantitative estimate of drug-likeness (QED) is 0.784. The van der Waals surface area contributed by atoms with Crippen molar-refractivity contribution in [1.29, 1.82) is 0 Å². The van der Waals surface area contributed by atoms with Gasteiger partial charge in [-0.3, -0.25) is 4.79 Å². The van der Waals surface area contributed by atoms with Crippen molar-refractivity contribution in [3.63, 3.8) is 0 Å². The second kappa shape index (κ2) is 6.35. The lowest BCUT2D eigenvalue weighted by Gasteiger charge is -2.21. The van der Waals surface area contributed by atoms with Gasteiger partial charge in [-0.2, -0.15) is 0 Å². The van der Waals surface area contributed by atoms with Gasteiger partial charge in [-0.25, -0.2) is 4.39 Å². The van der Waals surface area contributed by atoms with Crippen LogP contribution in [0.15, 0.2) is 12.1 Å². The summed E-state index contributed by atoms with van der Waals surface area (Å²) < 4.78 is 13.9. The number of aryl methyl sites for hydroxylation is 1. The molecule has 3 N–H and O–H groups in total. The summed E-state index contributed by atoms with van der Waals surface area (Å²) in [5.74, 6) is -0.921. The maximum atomic E-state index is 13.9. The Labute approximate surface area is 106 Å². The number of nitrogen functional groups attached to an aromatic ring is 1. The molecule has 4 nitrogen and oxygen atoms in total. The second-order valence-electron chi connectivity index (χ2n) is 4.16. The van der Waals surface area contributed by atoms with Crippen LogP contribution in [0.1, 0.15) is 29.3 Å². The third-order valence-electron chi connectivity index (χ3n) is 2.76. The summed E-state index contributed by atoms with van der Waals surface area (Å²) in [6.07, 6.45) is 0.475. The van der Waals surface area contributed by atoms with Gasteiger partial charge in [-0.15, -0.1) is 0 Å². The molecule has 0 saturated carbocycles. The van der Waals surface area contributed by atoms with Crippen molar-refractivity contribution in [2.45, 2.75) is 20.3 Å². The number of benzene rings is 1. The number of amides is 1. The topological polar surface area (TPSA) is 66.6 Å². The van der Waals surface area contributed by atoms with Gasteiger partial charge in [0.15, 0.2) is 0 Å². The fourth-order valence-electron chi connectivity index (χ4n) is 1.79. The van der Waals surface area contributed by atoms with Gasteiger partial charge in [0.05, 0.1) is 5.56 Å². The predicted molar refractivity (Wildman–Crippen MR) is 68.8 cm³/mol. The molecular weight excluding hydrogens is 235 g/mol. The Bertz CT molecular complexity index is 435. The van der Waals surface area contributed by atoms with Crippen molar-refractivity contribution in [3.8, 4) is 0 Å². The highest BCUT2D eigenvalue weighted by Crippen LogP contribution is 2.18. The third-order valence-corrected chi connectivity index (χ3v) is 2.76. The molecule has 0 aliphatic carbocycles. The van der Waals surface area contributed by atoms with Crippen molar-refractivity contribution in [1.82, 2.24) is 4.90 Å². The molecule has 18 heavy (non-hydrogen) atoms. The summed E-state index contributed by atoms with van der Waals surface area (Å²) in [6.45, 7) is 4.26. The Hall–Kier alpha value is -1.62. The lowest BCUT2D eigenvalue weighted by atomic mass is 10.1. The lowest BCUT2D eigenvalue weighted by Crippen LogP contribution is -2.33. The highest BCUT2D eigenvalue weighted by atomic mass is 19.1. The van der Waals surface area contributed by atoms with Gasteiger partial charge < -0.3 is 15.7 Å². The van der Waals surface area contributed by atoms with Crippen molar-refractivity contribution in [3.05, 3.63) is 29.1 Å². The molecule has 0 saturated heterocycles. The SMILES string of the molecule is CCN(CCCO)C(=O)c1cc(N)cc(C)c1F. The average molecular weight is 254 g/mol. The minimum absolute atomic E-state index is 0.00220. The fourth-order valence-corrected chi connectivity index (χ4v) is 1.79. The normalized spacial score (nSPS) is 10.4. The van der Waals surface area contributed by atoms with Crippen LogP contribution < -0.4 is 5.73 Å². The van der Waals surface area contributed by atoms with Crippen LogP contribution in [0, 0.1) is 12.7 Å². The van der Waals surface area contributed by atoms with E-state index in [9.17, 15) is 9.18 Å². The van der Waals surface area contributed by atoms with Crippen molar-refractivity contribution in [2.24, 2.45) is 0 Å². The number of carbonyl (C=O) groups excluding carboxylic acids is 1. The summed E-state index contributed by atoms with van der Waals surface area (Å²) in [5, 5.41) is 8.77. The molecule has 1 aromatic rings. The van der Waals surface area contributed by atoms with Crippen molar-refractivity contribution < 1.29 is 14.3 Å². The maximum Gasteiger partial charge on any atom is 0.256 e. The van der Waals surface area contributed by atoms with Gasteiger partial charge in [0.25, 0.3) is 5.91 Å². The van der Waals surface area contributed by atoms with E-state index in [2.05, 4.69) is 0 Å². The molecule has 100 valence electrons. The molecule has 0 fully saturated rings. The minimum Gasteiger partial charge on any atom is -0.399 e. The van der Waals surface area contributed by atoms with Crippen LogP contribution in [-0.4, -0.2) is 35.6 Å². The van der Waals surface area contributed by atoms with E-state index < -0.39 is 5.82 Å². The van der Waals surface area contributed by atoms with E-state index >= 15 is 0 Å². The lowest BCUT2D eigenvalue weighted by molar-refractivity contribution is 0.0749. The summed E-state index contributed by atoms with van der Waals surface area (Å²) >= 11 is 0. The van der Waals surface area contributed by atoms with Crippen molar-refractivity contribution in [2.75, 3.05) is 25.4 Å². The van der Waals surface area contributed by atoms with E-state index in [1.165, 1.54) is 17.0 Å². The number of carbonyl (C=O) groups is 1. The third kappa shape index (κ3) is 3.20. The van der Waals surface area contributed by atoms with Gasteiger partial charge in [0.1, 0.15) is 5.82 Å². The Morgan fingerprint density at radius 1 is 1.50 bits per heavy atom. The van der Waals surface area contributed by atoms with E-state index in [-0.39, 0.29) is 18.1 Å². The number of rotatable bonds is 5. The zero-order chi connectivity index (χ0) is 13.7. The molecule has 0 aromatic heterocycles. The maximum absolute atomic E-state index is 13.9. The van der Waals surface area contributed by atoms with Gasteiger partial charge in [-0.05, 0) is 38.0 Å². The van der Waals surface area contributed by atoms with Gasteiger partial charge >= 0.3 is 0 Å². The van der Waals surface area contributed by atoms with Crippen LogP contribution in [0.3, 0.4) is 0 Å². The highest BCUT2D eigenvalue weighted by molar-refractivity contribution is 5.95. The van der Waals surface area contributed by atoms with Crippen molar-refractivity contribution >= 4 is 11.6 Å². The minimum atomic E-state index is -0.531. The van der Waals surface area contributed by atoms with Crippen LogP contribution in [-0.2, 0) is 0 Å². The molecule has 0 spiro atoms. The number of hydrogen-bond donors (Lipinski definition) is 2. The first-order valence-electron chi connectivity index (χ1n) is 5.97. The molecule has 0 heterocycles. The van der Waals surface area contributed by atoms with Crippen LogP contribution in [0.25, 0.3) is 0 Å². The number of aliphatic hydroxyl groups excluding tert-OH is 1. The van der Waals surface area contributed by atoms with Gasteiger partial charge in [-0.1, -0.05) is 0 Å². The zero-order valence-electron chi connectivity index (χ0n) is 10.7. The second-order valence-corrected chi connectivity index (χ2v) is 4.16. The molecule has 0 radical (unpaired) electrons. The monoisotopic (exact) mass is 254 g/mol. The Balaban J connectivity index is 3.01. The van der Waals surface area contributed by atoms with Crippen LogP contribution in [0.5, 0.6) is 0 Å². The van der Waals surface area contributed by atoms with Crippen LogP contribution in [0.2, 0.25) is 0 Å². The van der Waals surface area contributed by atoms with Gasteiger partial charge in [0, 0.05) is 25.4 Å². The van der Waals surface area contributed by atoms with E-state index in [1.54, 1.807) is 6.92 Å². The highest BCUT2D eigenvalue weighted by Gasteiger charge is 2.19. The number of nitrogens with zero attached hydrogens (tertiary/aromatic N) is 1. The van der Waals surface area contributed by atoms with Crippen LogP contribution in [0.4, 0.5) is 10.1 Å². The summed E-state index contributed by atoms with van der Waals surface area (Å²) in [7, 11) is 0. The molecule has 0 aliphatic heterocycles. The van der Waals surface area contributed by atoms with Gasteiger partial charge in [0.2, 0.25) is 0 Å². The molecule has 0 unspecified atom stereocenters. The number of halogens is 1. The first-order chi connectivity index (χ1) is 8.51. The largest absolute Gasteiger partial charge is 0.399 e. The molecular formula is C13H19FN2O2. The summed E-state index contributed by atoms with van der Waals surface area (Å²) in [5.41, 5.74) is 6.35. The Morgan fingerprint density at radius 2 is 2.17 bits per heavy atom. The molecule has 5 heteroatoms. The predicted octanol–water partition coefficient (Wildman–Crippen LogP) is 1.56. The molecule has 0 bridgehead atoms. The molecule has 0 atom stereocenters. The summed E-state index contributed by atoms with van der Waals surface area (Å²) in [4.78, 5) is 13.6. The Kier molecular flexibility index (Phi) is 5.09. The average Bonchev–Trinajstić information content (AvgIpc) is 2.34. The van der Waals surface area contributed by atoms with Crippen LogP contribution >= 0.6 is 0 Å². The summed E-state index contributed by atoms with van der Waals surface area (Å²) in [6, 6.07) is 2.85. The number of anilines is 1. The van der Waals surface area contributed by atoms with E-state index in [0.29, 0.717) is 30.8 Å². The molecule has 1 rings (SSSR count). The number of aliphatic hydroxyl groups is 1. The molecule has 1 aromatic carbocycles. The first kappa shape index (κ1) is 14.4. The first-order valence-corrected chi connectivity index (χ1v) is 5.97. The van der Waals surface area contributed by atoms with E-state index in [1.807, 2.05) is 6.92 Å². The molecule has 0 aliphatic rings. The standard InChI is InChI=1S/C13H19FN2O2/c1-3-16(5-4-6-17)13(18)11-8-10(15)7-9(2)12(11)14/h7-8,17H,3-6,15H2,1-2H3. The number of nitrogens with two attached hydrogens (primary N) is 1. The Morgan fingerprint density at radius 3 is 2.72 bits per heavy atom. The zero-order valence-corrected chi connectivity index (χ0v) is 10.7. The number of hydrogen-bond acceptors (Lipinski definition) is 3. The fraction of sp³-hybridized carbons (Fsp3) is 0.462. The van der Waals surface area contributed by atoms with E-state index in [4.69, 9.17) is 10.8 Å².